The zero-order valence-corrected chi connectivity index (χ0v) is 10.6. The number of nitrogens with one attached hydrogen (secondary N) is 1. The van der Waals surface area contributed by atoms with Gasteiger partial charge in [0.1, 0.15) is 0 Å². The molecule has 2 heteroatoms. The standard InChI is InChI=1S/C13H27NO/c1-4-11(5-2)9-13(14-3)12-7-6-8-15-10-12/h11-14H,4-10H2,1-3H3. The van der Waals surface area contributed by atoms with Crippen LogP contribution in [-0.2, 0) is 4.74 Å². The van der Waals surface area contributed by atoms with E-state index in [9.17, 15) is 0 Å². The molecule has 0 bridgehead atoms. The summed E-state index contributed by atoms with van der Waals surface area (Å²) in [4.78, 5) is 0. The minimum Gasteiger partial charge on any atom is -0.381 e. The van der Waals surface area contributed by atoms with Crippen LogP contribution in [0.1, 0.15) is 46.0 Å². The molecule has 1 heterocycles. The van der Waals surface area contributed by atoms with Crippen LogP contribution in [0.5, 0.6) is 0 Å². The lowest BCUT2D eigenvalue weighted by atomic mass is 9.85. The highest BCUT2D eigenvalue weighted by Crippen LogP contribution is 2.24. The molecule has 1 saturated heterocycles. The van der Waals surface area contributed by atoms with Crippen LogP contribution in [0.4, 0.5) is 0 Å². The van der Waals surface area contributed by atoms with Gasteiger partial charge in [-0.25, -0.2) is 0 Å². The zero-order chi connectivity index (χ0) is 11.1. The maximum Gasteiger partial charge on any atom is 0.0509 e. The molecule has 0 aromatic heterocycles. The van der Waals surface area contributed by atoms with Crippen LogP contribution in [0.15, 0.2) is 0 Å². The van der Waals surface area contributed by atoms with Crippen LogP contribution in [0.2, 0.25) is 0 Å². The van der Waals surface area contributed by atoms with Crippen LogP contribution in [0.3, 0.4) is 0 Å². The fourth-order valence-corrected chi connectivity index (χ4v) is 2.61. The van der Waals surface area contributed by atoms with Crippen LogP contribution in [0.25, 0.3) is 0 Å². The van der Waals surface area contributed by atoms with Gasteiger partial charge in [-0.3, -0.25) is 0 Å². The second-order valence-electron chi connectivity index (χ2n) is 4.79. The predicted molar refractivity (Wildman–Crippen MR) is 65.1 cm³/mol. The van der Waals surface area contributed by atoms with Crippen molar-refractivity contribution in [3.63, 3.8) is 0 Å². The van der Waals surface area contributed by atoms with Gasteiger partial charge in [0.2, 0.25) is 0 Å². The van der Waals surface area contributed by atoms with Crippen molar-refractivity contribution in [2.45, 2.75) is 52.0 Å². The van der Waals surface area contributed by atoms with E-state index in [1.165, 1.54) is 32.1 Å². The first-order valence-corrected chi connectivity index (χ1v) is 6.56. The van der Waals surface area contributed by atoms with Crippen molar-refractivity contribution in [1.29, 1.82) is 0 Å². The zero-order valence-electron chi connectivity index (χ0n) is 10.6. The van der Waals surface area contributed by atoms with Gasteiger partial charge in [0, 0.05) is 12.6 Å². The van der Waals surface area contributed by atoms with E-state index in [2.05, 4.69) is 26.2 Å². The highest BCUT2D eigenvalue weighted by molar-refractivity contribution is 4.79. The molecule has 2 nitrogen and oxygen atoms in total. The highest BCUT2D eigenvalue weighted by atomic mass is 16.5. The third-order valence-electron chi connectivity index (χ3n) is 3.88. The maximum absolute atomic E-state index is 5.57. The van der Waals surface area contributed by atoms with Gasteiger partial charge in [-0.05, 0) is 38.1 Å². The van der Waals surface area contributed by atoms with Crippen molar-refractivity contribution in [2.24, 2.45) is 11.8 Å². The Kier molecular flexibility index (Phi) is 6.26. The van der Waals surface area contributed by atoms with Gasteiger partial charge in [0.05, 0.1) is 6.61 Å². The van der Waals surface area contributed by atoms with E-state index in [4.69, 9.17) is 4.74 Å². The Morgan fingerprint density at radius 2 is 2.07 bits per heavy atom. The summed E-state index contributed by atoms with van der Waals surface area (Å²) in [6.07, 6.45) is 6.51. The molecule has 15 heavy (non-hydrogen) atoms. The first kappa shape index (κ1) is 13.0. The molecular weight excluding hydrogens is 186 g/mol. The lowest BCUT2D eigenvalue weighted by Gasteiger charge is -2.32. The molecule has 0 saturated carbocycles. The highest BCUT2D eigenvalue weighted by Gasteiger charge is 2.24. The van der Waals surface area contributed by atoms with Crippen LogP contribution >= 0.6 is 0 Å². The van der Waals surface area contributed by atoms with E-state index in [0.717, 1.165) is 25.0 Å². The van der Waals surface area contributed by atoms with Gasteiger partial charge in [-0.1, -0.05) is 26.7 Å². The summed E-state index contributed by atoms with van der Waals surface area (Å²) in [6.45, 7) is 6.54. The van der Waals surface area contributed by atoms with E-state index >= 15 is 0 Å². The smallest absolute Gasteiger partial charge is 0.0509 e. The minimum atomic E-state index is 0.662. The van der Waals surface area contributed by atoms with E-state index in [1.807, 2.05) is 0 Å². The monoisotopic (exact) mass is 213 g/mol. The molecule has 0 aliphatic carbocycles. The van der Waals surface area contributed by atoms with E-state index in [-0.39, 0.29) is 0 Å². The summed E-state index contributed by atoms with van der Waals surface area (Å²) in [5.74, 6) is 1.62. The van der Waals surface area contributed by atoms with Crippen LogP contribution in [0, 0.1) is 11.8 Å². The third kappa shape index (κ3) is 4.12. The summed E-state index contributed by atoms with van der Waals surface area (Å²) < 4.78 is 5.57. The first-order valence-electron chi connectivity index (χ1n) is 6.56. The van der Waals surface area contributed by atoms with Gasteiger partial charge in [-0.15, -0.1) is 0 Å². The second kappa shape index (κ2) is 7.24. The first-order chi connectivity index (χ1) is 7.31. The van der Waals surface area contributed by atoms with Crippen molar-refractivity contribution < 1.29 is 4.74 Å². The molecule has 0 spiro atoms. The van der Waals surface area contributed by atoms with Crippen molar-refractivity contribution in [2.75, 3.05) is 20.3 Å². The maximum atomic E-state index is 5.57. The van der Waals surface area contributed by atoms with Gasteiger partial charge in [-0.2, -0.15) is 0 Å². The summed E-state index contributed by atoms with van der Waals surface area (Å²) in [5.41, 5.74) is 0. The van der Waals surface area contributed by atoms with Crippen molar-refractivity contribution in [1.82, 2.24) is 5.32 Å². The lowest BCUT2D eigenvalue weighted by Crippen LogP contribution is -2.39. The Balaban J connectivity index is 2.38. The number of ether oxygens (including phenoxy) is 1. The number of rotatable bonds is 6. The van der Waals surface area contributed by atoms with Crippen LogP contribution in [-0.4, -0.2) is 26.3 Å². The SMILES string of the molecule is CCC(CC)CC(NC)C1CCCOC1. The summed E-state index contributed by atoms with van der Waals surface area (Å²) in [5, 5.41) is 3.49. The topological polar surface area (TPSA) is 21.3 Å². The van der Waals surface area contributed by atoms with Crippen molar-refractivity contribution >= 4 is 0 Å². The quantitative estimate of drug-likeness (QED) is 0.732. The molecule has 2 unspecified atom stereocenters. The molecule has 0 amide bonds. The Bertz CT molecular complexity index is 151. The largest absolute Gasteiger partial charge is 0.381 e. The molecule has 1 aliphatic heterocycles. The summed E-state index contributed by atoms with van der Waals surface area (Å²) >= 11 is 0. The molecule has 1 fully saturated rings. The lowest BCUT2D eigenvalue weighted by molar-refractivity contribution is 0.0362. The average Bonchev–Trinajstić information content (AvgIpc) is 2.32. The number of hydrogen-bond donors (Lipinski definition) is 1. The molecule has 0 radical (unpaired) electrons. The molecule has 1 N–H and O–H groups in total. The number of hydrogen-bond acceptors (Lipinski definition) is 2. The molecule has 1 aliphatic rings. The van der Waals surface area contributed by atoms with Crippen molar-refractivity contribution in [3.05, 3.63) is 0 Å². The average molecular weight is 213 g/mol. The minimum absolute atomic E-state index is 0.662. The van der Waals surface area contributed by atoms with Crippen molar-refractivity contribution in [3.8, 4) is 0 Å². The van der Waals surface area contributed by atoms with Gasteiger partial charge in [0.15, 0.2) is 0 Å². The van der Waals surface area contributed by atoms with E-state index < -0.39 is 0 Å². The molecule has 90 valence electrons. The molecular formula is C13H27NO. The van der Waals surface area contributed by atoms with Gasteiger partial charge in [0.25, 0.3) is 0 Å². The molecule has 0 aromatic carbocycles. The fourth-order valence-electron chi connectivity index (χ4n) is 2.61. The Morgan fingerprint density at radius 3 is 2.53 bits per heavy atom. The fraction of sp³-hybridized carbons (Fsp3) is 1.00. The van der Waals surface area contributed by atoms with E-state index in [0.29, 0.717) is 6.04 Å². The van der Waals surface area contributed by atoms with Gasteiger partial charge >= 0.3 is 0 Å². The summed E-state index contributed by atoms with van der Waals surface area (Å²) in [7, 11) is 2.10. The Morgan fingerprint density at radius 1 is 1.33 bits per heavy atom. The van der Waals surface area contributed by atoms with Crippen LogP contribution < -0.4 is 5.32 Å². The third-order valence-corrected chi connectivity index (χ3v) is 3.88. The summed E-state index contributed by atoms with van der Waals surface area (Å²) in [6, 6.07) is 0.662. The normalized spacial score (nSPS) is 24.4. The predicted octanol–water partition coefficient (Wildman–Crippen LogP) is 2.83. The Labute approximate surface area is 94.8 Å². The molecule has 1 rings (SSSR count). The Hall–Kier alpha value is -0.0800. The van der Waals surface area contributed by atoms with Gasteiger partial charge < -0.3 is 10.1 Å². The van der Waals surface area contributed by atoms with E-state index in [1.54, 1.807) is 0 Å². The molecule has 2 atom stereocenters. The second-order valence-corrected chi connectivity index (χ2v) is 4.79. The molecule has 0 aromatic rings.